The number of benzene rings is 1. The predicted molar refractivity (Wildman–Crippen MR) is 56.9 cm³/mol. The van der Waals surface area contributed by atoms with E-state index >= 15 is 0 Å². The Balaban J connectivity index is 2.49. The van der Waals surface area contributed by atoms with Crippen LogP contribution in [-0.4, -0.2) is 25.4 Å². The molecule has 0 aliphatic heterocycles. The van der Waals surface area contributed by atoms with Crippen LogP contribution in [0.3, 0.4) is 0 Å². The number of carbonyl (C=O) groups excluding carboxylic acids is 1. The van der Waals surface area contributed by atoms with Gasteiger partial charge in [-0.1, -0.05) is 6.07 Å². The van der Waals surface area contributed by atoms with Crippen LogP contribution in [-0.2, 0) is 4.74 Å². The highest BCUT2D eigenvalue weighted by atomic mass is 19.3. The molecule has 17 heavy (non-hydrogen) atoms. The molecule has 0 heterocycles. The minimum Gasteiger partial charge on any atom is -0.375 e. The molecule has 0 atom stereocenters. The van der Waals surface area contributed by atoms with Gasteiger partial charge >= 0.3 is 0 Å². The zero-order valence-corrected chi connectivity index (χ0v) is 9.38. The van der Waals surface area contributed by atoms with Crippen LogP contribution >= 0.6 is 0 Å². The summed E-state index contributed by atoms with van der Waals surface area (Å²) in [6, 6.07) is 3.91. The Kier molecular flexibility index (Phi) is 5.15. The van der Waals surface area contributed by atoms with Crippen molar-refractivity contribution in [1.29, 1.82) is 0 Å². The van der Waals surface area contributed by atoms with Crippen LogP contribution in [0.5, 0.6) is 0 Å². The van der Waals surface area contributed by atoms with Crippen LogP contribution in [0.1, 0.15) is 22.3 Å². The summed E-state index contributed by atoms with van der Waals surface area (Å²) in [6.45, 7) is 0.918. The first-order valence-electron chi connectivity index (χ1n) is 5.16. The van der Waals surface area contributed by atoms with Crippen LogP contribution < -0.4 is 0 Å². The first-order chi connectivity index (χ1) is 8.00. The molecule has 0 aliphatic carbocycles. The fourth-order valence-electron chi connectivity index (χ4n) is 1.37. The molecule has 0 bridgehead atoms. The van der Waals surface area contributed by atoms with Crippen molar-refractivity contribution in [3.63, 3.8) is 0 Å². The molecule has 0 fully saturated rings. The van der Waals surface area contributed by atoms with E-state index in [2.05, 4.69) is 4.74 Å². The Hall–Kier alpha value is -1.36. The normalized spacial score (nSPS) is 10.9. The van der Waals surface area contributed by atoms with Crippen molar-refractivity contribution in [2.24, 2.45) is 0 Å². The van der Waals surface area contributed by atoms with E-state index in [-0.39, 0.29) is 24.4 Å². The average Bonchev–Trinajstić information content (AvgIpc) is 2.27. The van der Waals surface area contributed by atoms with Crippen molar-refractivity contribution >= 4 is 5.78 Å². The van der Waals surface area contributed by atoms with Crippen molar-refractivity contribution < 1.29 is 22.7 Å². The molecule has 1 aromatic carbocycles. The maximum absolute atomic E-state index is 12.9. The van der Waals surface area contributed by atoms with Crippen LogP contribution in [0.4, 0.5) is 13.2 Å². The lowest BCUT2D eigenvalue weighted by molar-refractivity contribution is 0.0169. The van der Waals surface area contributed by atoms with E-state index in [4.69, 9.17) is 0 Å². The smallest absolute Gasteiger partial charge is 0.261 e. The second-order valence-electron chi connectivity index (χ2n) is 3.60. The van der Waals surface area contributed by atoms with E-state index in [0.29, 0.717) is 5.56 Å². The van der Waals surface area contributed by atoms with Gasteiger partial charge in [0, 0.05) is 12.0 Å². The van der Waals surface area contributed by atoms with Gasteiger partial charge in [-0.3, -0.25) is 4.79 Å². The number of rotatable bonds is 6. The average molecular weight is 246 g/mol. The van der Waals surface area contributed by atoms with E-state index in [9.17, 15) is 18.0 Å². The van der Waals surface area contributed by atoms with Crippen molar-refractivity contribution in [2.75, 3.05) is 13.2 Å². The van der Waals surface area contributed by atoms with E-state index < -0.39 is 18.8 Å². The number of Topliss-reactive ketones (excluding diaryl/α,β-unsaturated/α-hetero) is 1. The molecule has 0 aliphatic rings. The summed E-state index contributed by atoms with van der Waals surface area (Å²) in [6.07, 6.45) is -2.57. The Morgan fingerprint density at radius 3 is 2.76 bits per heavy atom. The van der Waals surface area contributed by atoms with Crippen LogP contribution in [0.2, 0.25) is 0 Å². The predicted octanol–water partition coefficient (Wildman–Crippen LogP) is 2.99. The van der Waals surface area contributed by atoms with Gasteiger partial charge < -0.3 is 4.74 Å². The Morgan fingerprint density at radius 2 is 2.12 bits per heavy atom. The van der Waals surface area contributed by atoms with Crippen molar-refractivity contribution in [3.05, 3.63) is 35.1 Å². The topological polar surface area (TPSA) is 26.3 Å². The van der Waals surface area contributed by atoms with Gasteiger partial charge in [0.05, 0.1) is 6.61 Å². The van der Waals surface area contributed by atoms with Gasteiger partial charge in [0.1, 0.15) is 12.4 Å². The molecular weight excluding hydrogens is 233 g/mol. The van der Waals surface area contributed by atoms with Gasteiger partial charge in [0.15, 0.2) is 5.78 Å². The van der Waals surface area contributed by atoms with Crippen molar-refractivity contribution in [1.82, 2.24) is 0 Å². The lowest BCUT2D eigenvalue weighted by Crippen LogP contribution is -2.10. The number of carbonyl (C=O) groups is 1. The fourth-order valence-corrected chi connectivity index (χ4v) is 1.37. The molecule has 0 N–H and O–H groups in total. The van der Waals surface area contributed by atoms with Gasteiger partial charge in [-0.25, -0.2) is 13.2 Å². The summed E-state index contributed by atoms with van der Waals surface area (Å²) in [5.74, 6) is -0.802. The summed E-state index contributed by atoms with van der Waals surface area (Å²) in [5.41, 5.74) is 0.927. The SMILES string of the molecule is Cc1ccc(F)cc1C(=O)CCOCC(F)F. The minimum atomic E-state index is -2.54. The zero-order valence-electron chi connectivity index (χ0n) is 9.38. The highest BCUT2D eigenvalue weighted by Gasteiger charge is 2.10. The van der Waals surface area contributed by atoms with Gasteiger partial charge in [-0.15, -0.1) is 0 Å². The summed E-state index contributed by atoms with van der Waals surface area (Å²) in [5, 5.41) is 0. The molecule has 0 amide bonds. The monoisotopic (exact) mass is 246 g/mol. The first-order valence-corrected chi connectivity index (χ1v) is 5.16. The summed E-state index contributed by atoms with van der Waals surface area (Å²) >= 11 is 0. The number of ether oxygens (including phenoxy) is 1. The van der Waals surface area contributed by atoms with Crippen molar-refractivity contribution in [2.45, 2.75) is 19.8 Å². The van der Waals surface area contributed by atoms with Crippen LogP contribution in [0, 0.1) is 12.7 Å². The van der Waals surface area contributed by atoms with Crippen molar-refractivity contribution in [3.8, 4) is 0 Å². The molecule has 94 valence electrons. The molecule has 1 rings (SSSR count). The highest BCUT2D eigenvalue weighted by Crippen LogP contribution is 2.12. The Labute approximate surface area is 97.4 Å². The second kappa shape index (κ2) is 6.39. The summed E-state index contributed by atoms with van der Waals surface area (Å²) in [4.78, 5) is 11.6. The molecule has 0 radical (unpaired) electrons. The number of hydrogen-bond acceptors (Lipinski definition) is 2. The highest BCUT2D eigenvalue weighted by molar-refractivity contribution is 5.97. The molecule has 0 saturated heterocycles. The van der Waals surface area contributed by atoms with E-state index in [1.807, 2.05) is 0 Å². The van der Waals surface area contributed by atoms with Gasteiger partial charge in [0.2, 0.25) is 0 Å². The Bertz CT molecular complexity index is 391. The lowest BCUT2D eigenvalue weighted by Gasteiger charge is -2.06. The van der Waals surface area contributed by atoms with Gasteiger partial charge in [-0.05, 0) is 24.6 Å². The van der Waals surface area contributed by atoms with E-state index in [1.54, 1.807) is 6.92 Å². The number of aryl methyl sites for hydroxylation is 1. The molecule has 2 nitrogen and oxygen atoms in total. The number of ketones is 1. The second-order valence-corrected chi connectivity index (χ2v) is 3.60. The molecule has 0 spiro atoms. The van der Waals surface area contributed by atoms with Gasteiger partial charge in [-0.2, -0.15) is 0 Å². The maximum Gasteiger partial charge on any atom is 0.261 e. The summed E-state index contributed by atoms with van der Waals surface area (Å²) in [7, 11) is 0. The first kappa shape index (κ1) is 13.7. The molecule has 0 unspecified atom stereocenters. The summed E-state index contributed by atoms with van der Waals surface area (Å²) < 4.78 is 41.0. The van der Waals surface area contributed by atoms with E-state index in [1.165, 1.54) is 12.1 Å². The third-order valence-electron chi connectivity index (χ3n) is 2.22. The third-order valence-corrected chi connectivity index (χ3v) is 2.22. The third kappa shape index (κ3) is 4.56. The number of hydrogen-bond donors (Lipinski definition) is 0. The molecule has 0 aromatic heterocycles. The van der Waals surface area contributed by atoms with E-state index in [0.717, 1.165) is 6.07 Å². The Morgan fingerprint density at radius 1 is 1.41 bits per heavy atom. The number of halogens is 3. The molecule has 5 heteroatoms. The maximum atomic E-state index is 12.9. The molecular formula is C12H13F3O2. The van der Waals surface area contributed by atoms with Gasteiger partial charge in [0.25, 0.3) is 6.43 Å². The molecule has 1 aromatic rings. The van der Waals surface area contributed by atoms with Crippen LogP contribution in [0.15, 0.2) is 18.2 Å². The van der Waals surface area contributed by atoms with Crippen LogP contribution in [0.25, 0.3) is 0 Å². The zero-order chi connectivity index (χ0) is 12.8. The molecule has 0 saturated carbocycles. The quantitative estimate of drug-likeness (QED) is 0.569. The number of alkyl halides is 2. The largest absolute Gasteiger partial charge is 0.375 e. The fraction of sp³-hybridized carbons (Fsp3) is 0.417. The standard InChI is InChI=1S/C12H13F3O2/c1-8-2-3-9(13)6-10(8)11(16)4-5-17-7-12(14)15/h2-3,6,12H,4-5,7H2,1H3. The minimum absolute atomic E-state index is 0.0307. The lowest BCUT2D eigenvalue weighted by atomic mass is 10.0.